The van der Waals surface area contributed by atoms with Gasteiger partial charge in [0.05, 0.1) is 0 Å². The molecule has 5 aromatic carbocycles. The lowest BCUT2D eigenvalue weighted by Gasteiger charge is -2.43. The summed E-state index contributed by atoms with van der Waals surface area (Å²) in [6, 6.07) is 33.1. The van der Waals surface area contributed by atoms with E-state index in [1.807, 2.05) is 0 Å². The Morgan fingerprint density at radius 2 is 0.772 bits per heavy atom. The molecule has 0 spiro atoms. The van der Waals surface area contributed by atoms with Crippen LogP contribution in [0.15, 0.2) is 91.0 Å². The van der Waals surface area contributed by atoms with Gasteiger partial charge in [-0.3, -0.25) is 4.79 Å². The highest BCUT2D eigenvalue weighted by atomic mass is 31.1. The number of phenolic OH excluding ortho intramolecular Hbond substituents is 2. The molecule has 1 heterocycles. The first-order chi connectivity index (χ1) is 26.4. The Bertz CT molecular complexity index is 2090. The maximum absolute atomic E-state index is 14.6. The molecule has 0 radical (unpaired) electrons. The van der Waals surface area contributed by atoms with Crippen LogP contribution in [0.1, 0.15) is 152 Å². The standard InChI is InChI=1S/C53H65O3P/c1-32-20-15-17-22-37(32)39-24-19-25-40(38-23-18-16-21-33(38)2)49(39)57-45(34-26-41(50(3,4)5)47(55)42(27-34)51(6,7)8)30-36(54)31-46(57)35-28-43(52(9,10)11)48(56)44(29-35)53(12,13)14/h15-29,45-46,55-56H,30-31H2,1-14H3. The van der Waals surface area contributed by atoms with E-state index in [2.05, 4.69) is 188 Å². The number of phenols is 2. The first-order valence-electron chi connectivity index (χ1n) is 20.7. The molecule has 0 saturated carbocycles. The zero-order valence-corrected chi connectivity index (χ0v) is 37.9. The van der Waals surface area contributed by atoms with Crippen molar-refractivity contribution < 1.29 is 15.0 Å². The second-order valence-corrected chi connectivity index (χ2v) is 23.2. The third kappa shape index (κ3) is 8.38. The van der Waals surface area contributed by atoms with Gasteiger partial charge in [-0.25, -0.2) is 0 Å². The van der Waals surface area contributed by atoms with Gasteiger partial charge in [-0.05, 0) is 108 Å². The van der Waals surface area contributed by atoms with Crippen LogP contribution >= 0.6 is 7.92 Å². The average Bonchev–Trinajstić information content (AvgIpc) is 3.10. The van der Waals surface area contributed by atoms with Gasteiger partial charge in [-0.15, -0.1) is 0 Å². The Hall–Kier alpha value is -4.20. The topological polar surface area (TPSA) is 57.5 Å². The van der Waals surface area contributed by atoms with Gasteiger partial charge >= 0.3 is 0 Å². The highest BCUT2D eigenvalue weighted by molar-refractivity contribution is 7.67. The predicted octanol–water partition coefficient (Wildman–Crippen LogP) is 14.2. The summed E-state index contributed by atoms with van der Waals surface area (Å²) in [6.45, 7) is 30.4. The fourth-order valence-electron chi connectivity index (χ4n) is 8.79. The van der Waals surface area contributed by atoms with Crippen molar-refractivity contribution in [1.29, 1.82) is 0 Å². The highest BCUT2D eigenvalue weighted by Gasteiger charge is 2.44. The van der Waals surface area contributed by atoms with Crippen LogP contribution in [-0.4, -0.2) is 16.0 Å². The first-order valence-corrected chi connectivity index (χ1v) is 22.2. The summed E-state index contributed by atoms with van der Waals surface area (Å²) < 4.78 is 0. The molecule has 0 aromatic heterocycles. The summed E-state index contributed by atoms with van der Waals surface area (Å²) in [5.74, 6) is 0.955. The quantitative estimate of drug-likeness (QED) is 0.175. The summed E-state index contributed by atoms with van der Waals surface area (Å²) >= 11 is 0. The van der Waals surface area contributed by atoms with Gasteiger partial charge in [0.25, 0.3) is 0 Å². The smallest absolute Gasteiger partial charge is 0.134 e. The molecule has 57 heavy (non-hydrogen) atoms. The molecule has 300 valence electrons. The third-order valence-electron chi connectivity index (χ3n) is 11.9. The van der Waals surface area contributed by atoms with Crippen molar-refractivity contribution in [2.45, 2.75) is 143 Å². The van der Waals surface area contributed by atoms with Crippen LogP contribution in [0.4, 0.5) is 0 Å². The number of aryl methyl sites for hydroxylation is 2. The minimum atomic E-state index is -1.18. The van der Waals surface area contributed by atoms with Crippen molar-refractivity contribution in [2.75, 3.05) is 0 Å². The van der Waals surface area contributed by atoms with E-state index in [9.17, 15) is 15.0 Å². The van der Waals surface area contributed by atoms with Gasteiger partial charge in [0.2, 0.25) is 0 Å². The van der Waals surface area contributed by atoms with E-state index < -0.39 is 7.92 Å². The summed E-state index contributed by atoms with van der Waals surface area (Å²) in [5.41, 5.74) is 11.6. The molecule has 0 aliphatic carbocycles. The summed E-state index contributed by atoms with van der Waals surface area (Å²) in [7, 11) is -1.18. The number of hydrogen-bond acceptors (Lipinski definition) is 3. The molecule has 5 aromatic rings. The third-order valence-corrected chi connectivity index (χ3v) is 15.2. The molecule has 1 aliphatic heterocycles. The van der Waals surface area contributed by atoms with Gasteiger partial charge in [-0.1, -0.05) is 182 Å². The molecule has 0 bridgehead atoms. The molecule has 1 fully saturated rings. The number of ketones is 1. The fraction of sp³-hybridized carbons (Fsp3) is 0.415. The van der Waals surface area contributed by atoms with E-state index in [1.54, 1.807) is 0 Å². The van der Waals surface area contributed by atoms with Crippen molar-refractivity contribution in [3.05, 3.63) is 136 Å². The molecule has 1 aliphatic rings. The number of hydrogen-bond donors (Lipinski definition) is 2. The lowest BCUT2D eigenvalue weighted by molar-refractivity contribution is -0.119. The van der Waals surface area contributed by atoms with Gasteiger partial charge in [0.1, 0.15) is 17.3 Å². The van der Waals surface area contributed by atoms with Gasteiger partial charge < -0.3 is 10.2 Å². The fourth-order valence-corrected chi connectivity index (χ4v) is 12.5. The van der Waals surface area contributed by atoms with Crippen molar-refractivity contribution in [1.82, 2.24) is 0 Å². The van der Waals surface area contributed by atoms with Crippen LogP contribution in [-0.2, 0) is 26.5 Å². The molecular formula is C53H65O3P. The number of rotatable bonds is 5. The predicted molar refractivity (Wildman–Crippen MR) is 244 cm³/mol. The second-order valence-electron chi connectivity index (χ2n) is 20.6. The minimum Gasteiger partial charge on any atom is -0.507 e. The normalized spacial score (nSPS) is 18.2. The lowest BCUT2D eigenvalue weighted by Crippen LogP contribution is -2.27. The van der Waals surface area contributed by atoms with E-state index in [0.717, 1.165) is 33.4 Å². The first kappa shape index (κ1) is 42.4. The van der Waals surface area contributed by atoms with E-state index in [0.29, 0.717) is 24.3 Å². The molecule has 0 amide bonds. The van der Waals surface area contributed by atoms with Crippen LogP contribution in [0.5, 0.6) is 11.5 Å². The Morgan fingerprint density at radius 3 is 1.07 bits per heavy atom. The summed E-state index contributed by atoms with van der Waals surface area (Å²) in [4.78, 5) is 14.6. The molecule has 4 heteroatoms. The molecule has 2 N–H and O–H groups in total. The Kier molecular flexibility index (Phi) is 11.3. The zero-order valence-electron chi connectivity index (χ0n) is 37.0. The molecule has 3 nitrogen and oxygen atoms in total. The van der Waals surface area contributed by atoms with E-state index in [-0.39, 0.29) is 38.8 Å². The van der Waals surface area contributed by atoms with Gasteiger partial charge in [0, 0.05) is 24.2 Å². The van der Waals surface area contributed by atoms with E-state index >= 15 is 0 Å². The summed E-state index contributed by atoms with van der Waals surface area (Å²) in [6.07, 6.45) is 0.845. The van der Waals surface area contributed by atoms with Crippen LogP contribution in [0.25, 0.3) is 22.3 Å². The van der Waals surface area contributed by atoms with Crippen molar-refractivity contribution in [3.63, 3.8) is 0 Å². The number of Topliss-reactive ketones (excluding diaryl/α,β-unsaturated/α-hetero) is 1. The Labute approximate surface area is 344 Å². The maximum atomic E-state index is 14.6. The number of carbonyl (C=O) groups excluding carboxylic acids is 1. The lowest BCUT2D eigenvalue weighted by atomic mass is 9.77. The number of carbonyl (C=O) groups is 1. The van der Waals surface area contributed by atoms with Crippen LogP contribution in [0.2, 0.25) is 0 Å². The number of aromatic hydroxyl groups is 2. The van der Waals surface area contributed by atoms with Crippen molar-refractivity contribution in [3.8, 4) is 33.8 Å². The molecular weight excluding hydrogens is 716 g/mol. The minimum absolute atomic E-state index is 0.132. The van der Waals surface area contributed by atoms with Crippen LogP contribution in [0, 0.1) is 13.8 Å². The largest absolute Gasteiger partial charge is 0.507 e. The van der Waals surface area contributed by atoms with Gasteiger partial charge in [-0.2, -0.15) is 0 Å². The van der Waals surface area contributed by atoms with Gasteiger partial charge in [0.15, 0.2) is 0 Å². The second kappa shape index (κ2) is 15.2. The summed E-state index contributed by atoms with van der Waals surface area (Å²) in [5, 5.41) is 25.2. The monoisotopic (exact) mass is 780 g/mol. The van der Waals surface area contributed by atoms with Crippen LogP contribution in [0.3, 0.4) is 0 Å². The average molecular weight is 781 g/mol. The number of benzene rings is 5. The van der Waals surface area contributed by atoms with Crippen molar-refractivity contribution in [2.24, 2.45) is 0 Å². The van der Waals surface area contributed by atoms with Crippen LogP contribution < -0.4 is 5.30 Å². The highest BCUT2D eigenvalue weighted by Crippen LogP contribution is 2.69. The van der Waals surface area contributed by atoms with E-state index in [1.165, 1.54) is 38.7 Å². The van der Waals surface area contributed by atoms with E-state index in [4.69, 9.17) is 0 Å². The maximum Gasteiger partial charge on any atom is 0.134 e. The zero-order chi connectivity index (χ0) is 42.0. The SMILES string of the molecule is Cc1ccccc1-c1cccc(-c2ccccc2C)c1P1C(c2cc(C(C)(C)C)c(O)c(C(C)(C)C)c2)CC(=O)CC1c1cc(C(C)(C)C)c(O)c(C(C)(C)C)c1. The Morgan fingerprint density at radius 1 is 0.474 bits per heavy atom. The van der Waals surface area contributed by atoms with Crippen molar-refractivity contribution >= 4 is 19.0 Å². The molecule has 2 unspecified atom stereocenters. The molecule has 1 saturated heterocycles. The Balaban J connectivity index is 1.81. The molecule has 2 atom stereocenters. The molecule has 6 rings (SSSR count).